The number of hydrogen-bond acceptors (Lipinski definition) is 6. The van der Waals surface area contributed by atoms with Gasteiger partial charge in [-0.2, -0.15) is 0 Å². The van der Waals surface area contributed by atoms with Gasteiger partial charge in [0, 0.05) is 0 Å². The molecule has 6 nitrogen and oxygen atoms in total. The van der Waals surface area contributed by atoms with E-state index in [1.807, 2.05) is 0 Å². The van der Waals surface area contributed by atoms with Crippen LogP contribution in [0.25, 0.3) is 0 Å². The van der Waals surface area contributed by atoms with E-state index in [1.54, 1.807) is 0 Å². The largest absolute Gasteiger partial charge is 0.394 e. The third kappa shape index (κ3) is 1.58. The monoisotopic (exact) mass is 179 g/mol. The lowest BCUT2D eigenvalue weighted by Gasteiger charge is -2.38. The summed E-state index contributed by atoms with van der Waals surface area (Å²) in [5.74, 6) is 0. The maximum Gasteiger partial charge on any atom is 0.183 e. The van der Waals surface area contributed by atoms with Gasteiger partial charge < -0.3 is 30.9 Å². The zero-order chi connectivity index (χ0) is 9.30. The number of aliphatic hydroxyl groups is 4. The van der Waals surface area contributed by atoms with Crippen molar-refractivity contribution >= 4 is 0 Å². The molecule has 1 aliphatic heterocycles. The first-order valence-electron chi connectivity index (χ1n) is 3.64. The molecule has 0 spiro atoms. The molecule has 0 saturated carbocycles. The highest BCUT2D eigenvalue weighted by Gasteiger charge is 2.41. The molecule has 0 aromatic heterocycles. The van der Waals surface area contributed by atoms with Crippen molar-refractivity contribution in [2.45, 2.75) is 30.6 Å². The Morgan fingerprint density at radius 1 is 1.17 bits per heavy atom. The van der Waals surface area contributed by atoms with Crippen LogP contribution in [-0.2, 0) is 4.74 Å². The van der Waals surface area contributed by atoms with Crippen molar-refractivity contribution in [1.82, 2.24) is 0 Å². The summed E-state index contributed by atoms with van der Waals surface area (Å²) in [5.41, 5.74) is 5.33. The highest BCUT2D eigenvalue weighted by Crippen LogP contribution is 2.17. The fraction of sp³-hybridized carbons (Fsp3) is 1.00. The molecule has 0 amide bonds. The van der Waals surface area contributed by atoms with Crippen LogP contribution in [0.4, 0.5) is 0 Å². The molecule has 0 aromatic rings. The Bertz CT molecular complexity index is 150. The van der Waals surface area contributed by atoms with Gasteiger partial charge in [0.25, 0.3) is 0 Å². The van der Waals surface area contributed by atoms with Crippen molar-refractivity contribution in [2.75, 3.05) is 6.61 Å². The number of rotatable bonds is 1. The summed E-state index contributed by atoms with van der Waals surface area (Å²) >= 11 is 0. The van der Waals surface area contributed by atoms with E-state index in [0.29, 0.717) is 0 Å². The minimum absolute atomic E-state index is 0.446. The van der Waals surface area contributed by atoms with Crippen molar-refractivity contribution in [1.29, 1.82) is 0 Å². The number of ether oxygens (including phenoxy) is 1. The highest BCUT2D eigenvalue weighted by atomic mass is 16.6. The number of hydrogen-bond donors (Lipinski definition) is 5. The Kier molecular flexibility index (Phi) is 2.99. The quantitative estimate of drug-likeness (QED) is 0.288. The summed E-state index contributed by atoms with van der Waals surface area (Å²) < 4.78 is 4.66. The van der Waals surface area contributed by atoms with Crippen LogP contribution in [0.3, 0.4) is 0 Å². The van der Waals surface area contributed by atoms with E-state index in [1.165, 1.54) is 0 Å². The Balaban J connectivity index is 2.63. The average molecular weight is 179 g/mol. The molecule has 5 atom stereocenters. The van der Waals surface area contributed by atoms with Gasteiger partial charge >= 0.3 is 0 Å². The molecule has 6 heteroatoms. The molecule has 0 aliphatic carbocycles. The van der Waals surface area contributed by atoms with E-state index in [2.05, 4.69) is 4.74 Å². The number of aliphatic hydroxyl groups excluding tert-OH is 4. The summed E-state index contributed by atoms with van der Waals surface area (Å²) in [6.07, 6.45) is -4.85. The van der Waals surface area contributed by atoms with Crippen molar-refractivity contribution < 1.29 is 25.2 Å². The Labute approximate surface area is 69.2 Å². The molecule has 1 aliphatic rings. The fourth-order valence-corrected chi connectivity index (χ4v) is 1.13. The minimum Gasteiger partial charge on any atom is -0.394 e. The summed E-state index contributed by atoms with van der Waals surface area (Å²) in [7, 11) is 0. The van der Waals surface area contributed by atoms with Crippen molar-refractivity contribution in [3.05, 3.63) is 0 Å². The first-order chi connectivity index (χ1) is 5.57. The van der Waals surface area contributed by atoms with E-state index in [-0.39, 0.29) is 0 Å². The lowest BCUT2D eigenvalue weighted by Crippen LogP contribution is -2.62. The van der Waals surface area contributed by atoms with Gasteiger partial charge in [-0.05, 0) is 0 Å². The maximum absolute atomic E-state index is 9.24. The highest BCUT2D eigenvalue weighted by molar-refractivity contribution is 4.90. The summed E-state index contributed by atoms with van der Waals surface area (Å²) in [6.45, 7) is -0.446. The first kappa shape index (κ1) is 9.85. The molecule has 0 unspecified atom stereocenters. The molecule has 1 fully saturated rings. The van der Waals surface area contributed by atoms with Gasteiger partial charge in [0.2, 0.25) is 0 Å². The molecule has 0 bridgehead atoms. The third-order valence-corrected chi connectivity index (χ3v) is 1.96. The summed E-state index contributed by atoms with van der Waals surface area (Å²) in [6, 6.07) is -0.995. The first-order valence-corrected chi connectivity index (χ1v) is 3.64. The van der Waals surface area contributed by atoms with Crippen LogP contribution >= 0.6 is 0 Å². The third-order valence-electron chi connectivity index (χ3n) is 1.96. The van der Waals surface area contributed by atoms with Gasteiger partial charge in [-0.15, -0.1) is 0 Å². The van der Waals surface area contributed by atoms with E-state index in [0.717, 1.165) is 0 Å². The van der Waals surface area contributed by atoms with Crippen molar-refractivity contribution in [3.63, 3.8) is 0 Å². The Morgan fingerprint density at radius 2 is 1.75 bits per heavy atom. The van der Waals surface area contributed by atoms with E-state index in [4.69, 9.17) is 21.1 Å². The molecule has 0 aromatic carbocycles. The smallest absolute Gasteiger partial charge is 0.183 e. The Morgan fingerprint density at radius 3 is 2.25 bits per heavy atom. The van der Waals surface area contributed by atoms with Crippen LogP contribution in [0, 0.1) is 0 Å². The predicted octanol–water partition coefficient (Wildman–Crippen LogP) is -3.26. The summed E-state index contributed by atoms with van der Waals surface area (Å²) in [4.78, 5) is 0. The van der Waals surface area contributed by atoms with Gasteiger partial charge in [0.1, 0.15) is 18.3 Å². The fourth-order valence-electron chi connectivity index (χ4n) is 1.13. The standard InChI is InChI=1S/C6H13NO5/c7-3-4(9)2(1-8)12-6(11)5(3)10/h2-6,8-11H,1,7H2/t2-,3+,4+,5-,6-/m1/s1. The lowest BCUT2D eigenvalue weighted by molar-refractivity contribution is -0.258. The van der Waals surface area contributed by atoms with Crippen LogP contribution in [0.5, 0.6) is 0 Å². The van der Waals surface area contributed by atoms with Crippen LogP contribution in [0.2, 0.25) is 0 Å². The molecular weight excluding hydrogens is 166 g/mol. The van der Waals surface area contributed by atoms with Gasteiger partial charge in [-0.25, -0.2) is 0 Å². The number of nitrogens with two attached hydrogens (primary N) is 1. The van der Waals surface area contributed by atoms with Crippen LogP contribution in [-0.4, -0.2) is 57.7 Å². The molecular formula is C6H13NO5. The van der Waals surface area contributed by atoms with Gasteiger partial charge in [-0.3, -0.25) is 0 Å². The van der Waals surface area contributed by atoms with E-state index >= 15 is 0 Å². The zero-order valence-electron chi connectivity index (χ0n) is 6.37. The van der Waals surface area contributed by atoms with Crippen molar-refractivity contribution in [2.24, 2.45) is 5.73 Å². The molecule has 12 heavy (non-hydrogen) atoms. The van der Waals surface area contributed by atoms with Gasteiger partial charge in [0.15, 0.2) is 6.29 Å². The van der Waals surface area contributed by atoms with Gasteiger partial charge in [-0.1, -0.05) is 0 Å². The van der Waals surface area contributed by atoms with Gasteiger partial charge in [0.05, 0.1) is 12.6 Å². The normalized spacial score (nSPS) is 49.2. The molecule has 1 heterocycles. The maximum atomic E-state index is 9.24. The zero-order valence-corrected chi connectivity index (χ0v) is 6.37. The van der Waals surface area contributed by atoms with Crippen LogP contribution < -0.4 is 5.73 Å². The molecule has 6 N–H and O–H groups in total. The predicted molar refractivity (Wildman–Crippen MR) is 38.0 cm³/mol. The van der Waals surface area contributed by atoms with Crippen molar-refractivity contribution in [3.8, 4) is 0 Å². The lowest BCUT2D eigenvalue weighted by atomic mass is 9.97. The molecule has 1 rings (SSSR count). The van der Waals surface area contributed by atoms with E-state index in [9.17, 15) is 5.11 Å². The Hall–Kier alpha value is -0.240. The molecule has 0 radical (unpaired) electrons. The minimum atomic E-state index is -1.44. The second-order valence-corrected chi connectivity index (χ2v) is 2.81. The molecule has 1 saturated heterocycles. The second kappa shape index (κ2) is 3.65. The van der Waals surface area contributed by atoms with Crippen LogP contribution in [0.15, 0.2) is 0 Å². The van der Waals surface area contributed by atoms with Crippen LogP contribution in [0.1, 0.15) is 0 Å². The SMILES string of the molecule is N[C@@H]1[C@@H](O)[C@H](O)O[C@H](CO)[C@@H]1O. The second-order valence-electron chi connectivity index (χ2n) is 2.81. The average Bonchev–Trinajstić information content (AvgIpc) is 2.08. The topological polar surface area (TPSA) is 116 Å². The summed E-state index contributed by atoms with van der Waals surface area (Å²) in [5, 5.41) is 36.0. The van der Waals surface area contributed by atoms with E-state index < -0.39 is 37.3 Å². The molecule has 72 valence electrons.